The Morgan fingerprint density at radius 3 is 2.67 bits per heavy atom. The van der Waals surface area contributed by atoms with Crippen LogP contribution >= 0.6 is 0 Å². The van der Waals surface area contributed by atoms with Crippen LogP contribution in [0, 0.1) is 0 Å². The molecule has 0 fully saturated rings. The molecule has 0 aliphatic heterocycles. The highest BCUT2D eigenvalue weighted by Crippen LogP contribution is 2.19. The minimum atomic E-state index is 0.00240. The molecule has 1 atom stereocenters. The first kappa shape index (κ1) is 11.6. The smallest absolute Gasteiger partial charge is 0.161 e. The minimum Gasteiger partial charge on any atom is -0.398 e. The van der Waals surface area contributed by atoms with Gasteiger partial charge in [0.1, 0.15) is 0 Å². The third kappa shape index (κ3) is 2.98. The van der Waals surface area contributed by atoms with Gasteiger partial charge in [-0.15, -0.1) is 0 Å². The summed E-state index contributed by atoms with van der Waals surface area (Å²) < 4.78 is 0. The summed E-state index contributed by atoms with van der Waals surface area (Å²) >= 11 is 0. The van der Waals surface area contributed by atoms with E-state index in [1.165, 1.54) is 6.92 Å². The van der Waals surface area contributed by atoms with E-state index in [1.54, 1.807) is 6.07 Å². The summed E-state index contributed by atoms with van der Waals surface area (Å²) in [6.07, 6.45) is 1.05. The van der Waals surface area contributed by atoms with Crippen LogP contribution in [0.1, 0.15) is 37.6 Å². The Hall–Kier alpha value is -1.51. The van der Waals surface area contributed by atoms with E-state index in [2.05, 4.69) is 19.2 Å². The van der Waals surface area contributed by atoms with Crippen molar-refractivity contribution in [1.29, 1.82) is 0 Å². The van der Waals surface area contributed by atoms with Gasteiger partial charge in [-0.05, 0) is 38.5 Å². The fourth-order valence-electron chi connectivity index (χ4n) is 1.36. The zero-order valence-electron chi connectivity index (χ0n) is 9.50. The van der Waals surface area contributed by atoms with Gasteiger partial charge in [-0.2, -0.15) is 0 Å². The molecule has 82 valence electrons. The number of hydrogen-bond acceptors (Lipinski definition) is 3. The lowest BCUT2D eigenvalue weighted by Crippen LogP contribution is -2.13. The van der Waals surface area contributed by atoms with Crippen molar-refractivity contribution < 1.29 is 4.79 Å². The first-order valence-electron chi connectivity index (χ1n) is 5.21. The summed E-state index contributed by atoms with van der Waals surface area (Å²) in [5, 5.41) is 3.31. The normalized spacial score (nSPS) is 12.2. The highest BCUT2D eigenvalue weighted by molar-refractivity contribution is 5.99. The number of anilines is 2. The predicted molar refractivity (Wildman–Crippen MR) is 64.2 cm³/mol. The monoisotopic (exact) mass is 206 g/mol. The Balaban J connectivity index is 2.87. The molecule has 0 aromatic heterocycles. The molecule has 0 saturated carbocycles. The fraction of sp³-hybridized carbons (Fsp3) is 0.417. The number of hydrogen-bond donors (Lipinski definition) is 2. The Morgan fingerprint density at radius 1 is 1.53 bits per heavy atom. The lowest BCUT2D eigenvalue weighted by Gasteiger charge is -2.14. The summed E-state index contributed by atoms with van der Waals surface area (Å²) in [4.78, 5) is 11.2. The average Bonchev–Trinajstić information content (AvgIpc) is 2.17. The van der Waals surface area contributed by atoms with Crippen molar-refractivity contribution in [2.45, 2.75) is 33.2 Å². The van der Waals surface area contributed by atoms with Gasteiger partial charge in [0.2, 0.25) is 0 Å². The zero-order chi connectivity index (χ0) is 11.4. The van der Waals surface area contributed by atoms with Crippen molar-refractivity contribution in [1.82, 2.24) is 0 Å². The van der Waals surface area contributed by atoms with E-state index in [-0.39, 0.29) is 5.78 Å². The van der Waals surface area contributed by atoms with Crippen LogP contribution in [0.15, 0.2) is 18.2 Å². The Kier molecular flexibility index (Phi) is 3.72. The zero-order valence-corrected chi connectivity index (χ0v) is 9.50. The molecule has 0 spiro atoms. The largest absolute Gasteiger partial charge is 0.398 e. The maximum Gasteiger partial charge on any atom is 0.161 e. The molecular weight excluding hydrogens is 188 g/mol. The molecule has 0 saturated heterocycles. The van der Waals surface area contributed by atoms with Crippen molar-refractivity contribution in [3.63, 3.8) is 0 Å². The molecule has 15 heavy (non-hydrogen) atoms. The Morgan fingerprint density at radius 2 is 2.20 bits per heavy atom. The second kappa shape index (κ2) is 4.82. The van der Waals surface area contributed by atoms with E-state index >= 15 is 0 Å². The van der Waals surface area contributed by atoms with Crippen molar-refractivity contribution in [3.8, 4) is 0 Å². The number of carbonyl (C=O) groups excluding carboxylic acids is 1. The number of ketones is 1. The summed E-state index contributed by atoms with van der Waals surface area (Å²) in [5.41, 5.74) is 7.87. The predicted octanol–water partition coefficient (Wildman–Crippen LogP) is 2.68. The van der Waals surface area contributed by atoms with Gasteiger partial charge in [0, 0.05) is 23.0 Å². The van der Waals surface area contributed by atoms with Gasteiger partial charge in [0.25, 0.3) is 0 Å². The van der Waals surface area contributed by atoms with Gasteiger partial charge in [-0.3, -0.25) is 4.79 Å². The molecule has 3 nitrogen and oxygen atoms in total. The highest BCUT2D eigenvalue weighted by atomic mass is 16.1. The summed E-state index contributed by atoms with van der Waals surface area (Å²) in [5.74, 6) is 0.00240. The second-order valence-electron chi connectivity index (χ2n) is 3.81. The van der Waals surface area contributed by atoms with E-state index in [4.69, 9.17) is 5.73 Å². The van der Waals surface area contributed by atoms with Crippen molar-refractivity contribution in [2.24, 2.45) is 0 Å². The van der Waals surface area contributed by atoms with Crippen LogP contribution in [0.4, 0.5) is 11.4 Å². The topological polar surface area (TPSA) is 55.1 Å². The van der Waals surface area contributed by atoms with E-state index < -0.39 is 0 Å². The van der Waals surface area contributed by atoms with Crippen LogP contribution in [0.25, 0.3) is 0 Å². The average molecular weight is 206 g/mol. The molecule has 0 aliphatic carbocycles. The molecule has 3 heteroatoms. The first-order chi connectivity index (χ1) is 7.04. The number of nitrogens with one attached hydrogen (secondary N) is 1. The van der Waals surface area contributed by atoms with E-state index in [0.29, 0.717) is 17.3 Å². The molecule has 0 heterocycles. The Labute approximate surface area is 90.7 Å². The molecule has 3 N–H and O–H groups in total. The summed E-state index contributed by atoms with van der Waals surface area (Å²) in [6.45, 7) is 5.74. The first-order valence-corrected chi connectivity index (χ1v) is 5.21. The summed E-state index contributed by atoms with van der Waals surface area (Å²) in [6, 6.07) is 5.87. The van der Waals surface area contributed by atoms with Crippen LogP contribution < -0.4 is 11.1 Å². The van der Waals surface area contributed by atoms with Crippen molar-refractivity contribution >= 4 is 17.2 Å². The number of Topliss-reactive ketones (excluding diaryl/α,β-unsaturated/α-hetero) is 1. The second-order valence-corrected chi connectivity index (χ2v) is 3.81. The third-order valence-corrected chi connectivity index (χ3v) is 2.46. The van der Waals surface area contributed by atoms with Gasteiger partial charge >= 0.3 is 0 Å². The lowest BCUT2D eigenvalue weighted by molar-refractivity contribution is 0.101. The number of nitrogens with two attached hydrogens (primary N) is 1. The maximum atomic E-state index is 11.2. The molecule has 0 bridgehead atoms. The van der Waals surface area contributed by atoms with Crippen molar-refractivity contribution in [2.75, 3.05) is 11.1 Å². The number of benzene rings is 1. The van der Waals surface area contributed by atoms with E-state index in [9.17, 15) is 4.79 Å². The van der Waals surface area contributed by atoms with Crippen LogP contribution in [0.2, 0.25) is 0 Å². The van der Waals surface area contributed by atoms with Gasteiger partial charge in [0.05, 0.1) is 0 Å². The maximum absolute atomic E-state index is 11.2. The molecule has 1 aromatic rings. The van der Waals surface area contributed by atoms with Crippen molar-refractivity contribution in [3.05, 3.63) is 23.8 Å². The van der Waals surface area contributed by atoms with E-state index in [1.807, 2.05) is 12.1 Å². The minimum absolute atomic E-state index is 0.00240. The van der Waals surface area contributed by atoms with Gasteiger partial charge in [0.15, 0.2) is 5.78 Å². The quantitative estimate of drug-likeness (QED) is 0.588. The van der Waals surface area contributed by atoms with E-state index in [0.717, 1.165) is 12.1 Å². The van der Waals surface area contributed by atoms with Gasteiger partial charge < -0.3 is 11.1 Å². The molecule has 0 aliphatic rings. The lowest BCUT2D eigenvalue weighted by atomic mass is 10.1. The number of nitrogen functional groups attached to an aromatic ring is 1. The van der Waals surface area contributed by atoms with Gasteiger partial charge in [-0.25, -0.2) is 0 Å². The Bertz CT molecular complexity index is 361. The van der Waals surface area contributed by atoms with Crippen LogP contribution in [0.3, 0.4) is 0 Å². The van der Waals surface area contributed by atoms with Crippen LogP contribution in [-0.4, -0.2) is 11.8 Å². The molecular formula is C12H18N2O. The number of carbonyl (C=O) groups is 1. The van der Waals surface area contributed by atoms with Gasteiger partial charge in [-0.1, -0.05) is 6.92 Å². The SMILES string of the molecule is CCC(C)Nc1ccc(C(C)=O)c(N)c1. The molecule has 1 aromatic carbocycles. The number of rotatable bonds is 4. The molecule has 0 amide bonds. The molecule has 1 unspecified atom stereocenters. The van der Waals surface area contributed by atoms with Crippen LogP contribution in [-0.2, 0) is 0 Å². The molecule has 0 radical (unpaired) electrons. The molecule has 1 rings (SSSR count). The fourth-order valence-corrected chi connectivity index (χ4v) is 1.36. The standard InChI is InChI=1S/C12H18N2O/c1-4-8(2)14-10-5-6-11(9(3)15)12(13)7-10/h5-8,14H,4,13H2,1-3H3. The van der Waals surface area contributed by atoms with Crippen LogP contribution in [0.5, 0.6) is 0 Å². The summed E-state index contributed by atoms with van der Waals surface area (Å²) in [7, 11) is 0. The highest BCUT2D eigenvalue weighted by Gasteiger charge is 2.06. The third-order valence-electron chi connectivity index (χ3n) is 2.46.